The minimum atomic E-state index is 0.918. The lowest BCUT2D eigenvalue weighted by Crippen LogP contribution is -2.27. The molecule has 1 heteroatoms. The minimum absolute atomic E-state index is 0.918. The molecule has 1 aliphatic carbocycles. The van der Waals surface area contributed by atoms with Crippen molar-refractivity contribution in [2.75, 3.05) is 13.1 Å². The molecule has 0 spiro atoms. The second kappa shape index (κ2) is 4.42. The molecule has 84 valence electrons. The van der Waals surface area contributed by atoms with Crippen molar-refractivity contribution in [3.05, 3.63) is 41.0 Å². The van der Waals surface area contributed by atoms with Crippen LogP contribution in [0.15, 0.2) is 29.8 Å². The van der Waals surface area contributed by atoms with Crippen LogP contribution in [0.3, 0.4) is 0 Å². The molecule has 0 radical (unpaired) electrons. The van der Waals surface area contributed by atoms with E-state index in [4.69, 9.17) is 0 Å². The lowest BCUT2D eigenvalue weighted by atomic mass is 9.90. The van der Waals surface area contributed by atoms with Gasteiger partial charge in [0.25, 0.3) is 0 Å². The standard InChI is InChI=1S/C15H19N/c1-2-4-15-11-13(10-14(15)3-1)9-12-5-7-16-8-6-12/h1-4,10,12,16H,5-9,11H2. The van der Waals surface area contributed by atoms with Gasteiger partial charge in [0.2, 0.25) is 0 Å². The molecular weight excluding hydrogens is 194 g/mol. The van der Waals surface area contributed by atoms with Gasteiger partial charge in [-0.05, 0) is 55.8 Å². The third-order valence-corrected chi connectivity index (χ3v) is 3.84. The molecular formula is C15H19N. The Balaban J connectivity index is 1.66. The molecule has 1 heterocycles. The minimum Gasteiger partial charge on any atom is -0.317 e. The zero-order valence-corrected chi connectivity index (χ0v) is 9.71. The Morgan fingerprint density at radius 3 is 2.75 bits per heavy atom. The number of nitrogens with one attached hydrogen (secondary N) is 1. The topological polar surface area (TPSA) is 12.0 Å². The van der Waals surface area contributed by atoms with Crippen LogP contribution in [0.25, 0.3) is 6.08 Å². The summed E-state index contributed by atoms with van der Waals surface area (Å²) in [6.07, 6.45) is 7.63. The monoisotopic (exact) mass is 213 g/mol. The molecule has 16 heavy (non-hydrogen) atoms. The summed E-state index contributed by atoms with van der Waals surface area (Å²) in [6.45, 7) is 2.43. The van der Waals surface area contributed by atoms with Crippen LogP contribution in [0.4, 0.5) is 0 Å². The van der Waals surface area contributed by atoms with Gasteiger partial charge in [0.15, 0.2) is 0 Å². The van der Waals surface area contributed by atoms with Crippen molar-refractivity contribution in [1.82, 2.24) is 5.32 Å². The molecule has 1 fully saturated rings. The Kier molecular flexibility index (Phi) is 2.79. The van der Waals surface area contributed by atoms with Gasteiger partial charge in [-0.3, -0.25) is 0 Å². The van der Waals surface area contributed by atoms with E-state index >= 15 is 0 Å². The van der Waals surface area contributed by atoms with Crippen molar-refractivity contribution < 1.29 is 0 Å². The van der Waals surface area contributed by atoms with Crippen molar-refractivity contribution >= 4 is 6.08 Å². The van der Waals surface area contributed by atoms with Crippen LogP contribution in [0, 0.1) is 5.92 Å². The molecule has 1 aliphatic heterocycles. The van der Waals surface area contributed by atoms with Crippen LogP contribution in [0.2, 0.25) is 0 Å². The van der Waals surface area contributed by atoms with Gasteiger partial charge in [0.05, 0.1) is 0 Å². The summed E-state index contributed by atoms with van der Waals surface area (Å²) < 4.78 is 0. The molecule has 1 N–H and O–H groups in total. The third kappa shape index (κ3) is 2.05. The molecule has 0 bridgehead atoms. The van der Waals surface area contributed by atoms with E-state index in [2.05, 4.69) is 35.7 Å². The highest BCUT2D eigenvalue weighted by Crippen LogP contribution is 2.30. The summed E-state index contributed by atoms with van der Waals surface area (Å²) in [5.41, 5.74) is 4.62. The van der Waals surface area contributed by atoms with Crippen LogP contribution < -0.4 is 5.32 Å². The number of piperidine rings is 1. The molecule has 1 aromatic rings. The fourth-order valence-corrected chi connectivity index (χ4v) is 2.94. The van der Waals surface area contributed by atoms with Crippen molar-refractivity contribution in [2.45, 2.75) is 25.7 Å². The average Bonchev–Trinajstić information content (AvgIpc) is 2.72. The fourth-order valence-electron chi connectivity index (χ4n) is 2.94. The van der Waals surface area contributed by atoms with Crippen LogP contribution in [0.5, 0.6) is 0 Å². The number of benzene rings is 1. The number of hydrogen-bond acceptors (Lipinski definition) is 1. The van der Waals surface area contributed by atoms with E-state index in [9.17, 15) is 0 Å². The number of rotatable bonds is 2. The molecule has 0 amide bonds. The second-order valence-corrected chi connectivity index (χ2v) is 5.08. The van der Waals surface area contributed by atoms with Crippen LogP contribution in [0.1, 0.15) is 30.4 Å². The molecule has 1 aromatic carbocycles. The van der Waals surface area contributed by atoms with Crippen LogP contribution >= 0.6 is 0 Å². The molecule has 0 atom stereocenters. The van der Waals surface area contributed by atoms with E-state index in [0.29, 0.717) is 0 Å². The van der Waals surface area contributed by atoms with Gasteiger partial charge in [-0.1, -0.05) is 35.9 Å². The molecule has 0 unspecified atom stereocenters. The summed E-state index contributed by atoms with van der Waals surface area (Å²) >= 11 is 0. The number of allylic oxidation sites excluding steroid dienone is 1. The normalized spacial score (nSPS) is 20.6. The average molecular weight is 213 g/mol. The highest BCUT2D eigenvalue weighted by molar-refractivity contribution is 5.63. The van der Waals surface area contributed by atoms with Crippen molar-refractivity contribution in [3.8, 4) is 0 Å². The summed E-state index contributed by atoms with van der Waals surface area (Å²) in [5, 5.41) is 3.44. The van der Waals surface area contributed by atoms with Gasteiger partial charge in [-0.15, -0.1) is 0 Å². The lowest BCUT2D eigenvalue weighted by molar-refractivity contribution is 0.371. The SMILES string of the molecule is C1=C(CC2CCNCC2)Cc2ccccc21. The Morgan fingerprint density at radius 2 is 1.94 bits per heavy atom. The Morgan fingerprint density at radius 1 is 1.12 bits per heavy atom. The summed E-state index contributed by atoms with van der Waals surface area (Å²) in [4.78, 5) is 0. The maximum Gasteiger partial charge on any atom is -0.00462 e. The predicted octanol–water partition coefficient (Wildman–Crippen LogP) is 3.02. The quantitative estimate of drug-likeness (QED) is 0.796. The zero-order chi connectivity index (χ0) is 10.8. The predicted molar refractivity (Wildman–Crippen MR) is 68.3 cm³/mol. The van der Waals surface area contributed by atoms with Gasteiger partial charge >= 0.3 is 0 Å². The highest BCUT2D eigenvalue weighted by Gasteiger charge is 2.18. The molecule has 0 aromatic heterocycles. The molecule has 0 saturated carbocycles. The molecule has 3 rings (SSSR count). The van der Waals surface area contributed by atoms with E-state index in [-0.39, 0.29) is 0 Å². The van der Waals surface area contributed by atoms with Crippen molar-refractivity contribution in [1.29, 1.82) is 0 Å². The van der Waals surface area contributed by atoms with Gasteiger partial charge in [0.1, 0.15) is 0 Å². The van der Waals surface area contributed by atoms with Gasteiger partial charge in [-0.2, -0.15) is 0 Å². The Labute approximate surface area is 97.6 Å². The van der Waals surface area contributed by atoms with E-state index in [1.54, 1.807) is 5.57 Å². The molecule has 1 saturated heterocycles. The smallest absolute Gasteiger partial charge is 0.00462 e. The zero-order valence-electron chi connectivity index (χ0n) is 9.71. The van der Waals surface area contributed by atoms with E-state index in [0.717, 1.165) is 5.92 Å². The van der Waals surface area contributed by atoms with Crippen molar-refractivity contribution in [2.24, 2.45) is 5.92 Å². The summed E-state index contributed by atoms with van der Waals surface area (Å²) in [7, 11) is 0. The first-order valence-electron chi connectivity index (χ1n) is 6.40. The van der Waals surface area contributed by atoms with E-state index in [1.807, 2.05) is 0 Å². The maximum absolute atomic E-state index is 3.44. The molecule has 1 nitrogen and oxygen atoms in total. The number of fused-ring (bicyclic) bond motifs is 1. The highest BCUT2D eigenvalue weighted by atomic mass is 14.9. The fraction of sp³-hybridized carbons (Fsp3) is 0.467. The van der Waals surface area contributed by atoms with Crippen LogP contribution in [-0.2, 0) is 6.42 Å². The first-order valence-corrected chi connectivity index (χ1v) is 6.40. The third-order valence-electron chi connectivity index (χ3n) is 3.84. The summed E-state index contributed by atoms with van der Waals surface area (Å²) in [6, 6.07) is 8.80. The second-order valence-electron chi connectivity index (χ2n) is 5.08. The first kappa shape index (κ1) is 10.1. The van der Waals surface area contributed by atoms with Crippen LogP contribution in [-0.4, -0.2) is 13.1 Å². The Hall–Kier alpha value is -1.08. The Bertz CT molecular complexity index is 400. The maximum atomic E-state index is 3.44. The number of hydrogen-bond donors (Lipinski definition) is 1. The molecule has 2 aliphatic rings. The van der Waals surface area contributed by atoms with E-state index < -0.39 is 0 Å². The summed E-state index contributed by atoms with van der Waals surface area (Å²) in [5.74, 6) is 0.918. The lowest BCUT2D eigenvalue weighted by Gasteiger charge is -2.22. The van der Waals surface area contributed by atoms with Gasteiger partial charge in [-0.25, -0.2) is 0 Å². The largest absolute Gasteiger partial charge is 0.317 e. The van der Waals surface area contributed by atoms with Crippen molar-refractivity contribution in [3.63, 3.8) is 0 Å². The van der Waals surface area contributed by atoms with Gasteiger partial charge in [0, 0.05) is 0 Å². The van der Waals surface area contributed by atoms with E-state index in [1.165, 1.54) is 49.9 Å². The first-order chi connectivity index (χ1) is 7.92. The van der Waals surface area contributed by atoms with Gasteiger partial charge < -0.3 is 5.32 Å².